The van der Waals surface area contributed by atoms with E-state index in [4.69, 9.17) is 17.4 Å². The zero-order valence-electron chi connectivity index (χ0n) is 18.1. The molecule has 1 aromatic carbocycles. The number of rotatable bonds is 15. The monoisotopic (exact) mass is 455 g/mol. The van der Waals surface area contributed by atoms with Crippen LogP contribution in [0.1, 0.15) is 89.5 Å². The first-order valence-corrected chi connectivity index (χ1v) is 13.0. The molecule has 0 radical (unpaired) electrons. The molecule has 0 saturated carbocycles. The predicted octanol–water partition coefficient (Wildman–Crippen LogP) is 4.53. The number of hydrogen-bond donors (Lipinski definition) is 3. The number of thiocarbonyl (C=S) groups is 1. The molecule has 0 spiro atoms. The lowest BCUT2D eigenvalue weighted by Crippen LogP contribution is -2.38. The predicted molar refractivity (Wildman–Crippen MR) is 126 cm³/mol. The number of carbonyl (C=O) groups excluding carboxylic acids is 1. The van der Waals surface area contributed by atoms with E-state index in [2.05, 4.69) is 17.6 Å². The summed E-state index contributed by atoms with van der Waals surface area (Å²) in [7, 11) is -3.69. The second kappa shape index (κ2) is 15.3. The summed E-state index contributed by atoms with van der Waals surface area (Å²) in [6, 6.07) is 6.20. The van der Waals surface area contributed by atoms with Crippen molar-refractivity contribution in [2.24, 2.45) is 5.14 Å². The summed E-state index contributed by atoms with van der Waals surface area (Å²) < 4.78 is 22.5. The molecule has 0 bridgehead atoms. The Morgan fingerprint density at radius 2 is 1.40 bits per heavy atom. The van der Waals surface area contributed by atoms with Gasteiger partial charge in [0, 0.05) is 13.0 Å². The van der Waals surface area contributed by atoms with E-state index in [-0.39, 0.29) is 15.9 Å². The van der Waals surface area contributed by atoms with Gasteiger partial charge in [-0.2, -0.15) is 0 Å². The van der Waals surface area contributed by atoms with E-state index < -0.39 is 10.0 Å². The minimum absolute atomic E-state index is 0.0640. The van der Waals surface area contributed by atoms with Gasteiger partial charge in [0.05, 0.1) is 4.90 Å². The van der Waals surface area contributed by atoms with E-state index in [1.807, 2.05) is 0 Å². The summed E-state index contributed by atoms with van der Waals surface area (Å²) in [5, 5.41) is 11.0. The maximum atomic E-state index is 12.0. The van der Waals surface area contributed by atoms with Gasteiger partial charge in [-0.3, -0.25) is 4.79 Å². The van der Waals surface area contributed by atoms with E-state index in [0.29, 0.717) is 13.0 Å². The topological polar surface area (TPSA) is 101 Å². The molecule has 0 aromatic heterocycles. The largest absolute Gasteiger partial charge is 0.358 e. The Hall–Kier alpha value is -1.51. The number of hydrogen-bond acceptors (Lipinski definition) is 4. The molecule has 0 saturated heterocycles. The highest BCUT2D eigenvalue weighted by molar-refractivity contribution is 7.89. The minimum Gasteiger partial charge on any atom is -0.358 e. The fraction of sp³-hybridized carbons (Fsp3) is 0.636. The second-order valence-corrected chi connectivity index (χ2v) is 9.68. The van der Waals surface area contributed by atoms with E-state index in [1.165, 1.54) is 69.9 Å². The van der Waals surface area contributed by atoms with Gasteiger partial charge >= 0.3 is 0 Å². The highest BCUT2D eigenvalue weighted by Crippen LogP contribution is 2.12. The standard InChI is InChI=1S/C22H37N3O3S2/c1-2-3-4-5-6-7-8-9-10-11-12-13-21(26)25-22(29)24-18-19-14-16-20(17-15-19)30(23,27)28/h14-17H,2-13,18H2,1H3,(H2,23,27,28)(H2,24,25,26,29). The first kappa shape index (κ1) is 26.5. The molecule has 0 unspecified atom stereocenters. The van der Waals surface area contributed by atoms with Crippen LogP contribution in [0.3, 0.4) is 0 Å². The van der Waals surface area contributed by atoms with E-state index >= 15 is 0 Å². The van der Waals surface area contributed by atoms with Crippen LogP contribution < -0.4 is 15.8 Å². The first-order valence-electron chi connectivity index (χ1n) is 11.0. The van der Waals surface area contributed by atoms with Crippen LogP contribution in [0, 0.1) is 0 Å². The molecule has 0 heterocycles. The van der Waals surface area contributed by atoms with Gasteiger partial charge in [0.2, 0.25) is 15.9 Å². The number of benzene rings is 1. The van der Waals surface area contributed by atoms with Gasteiger partial charge in [-0.25, -0.2) is 13.6 Å². The van der Waals surface area contributed by atoms with Crippen molar-refractivity contribution in [3.05, 3.63) is 29.8 Å². The number of nitrogens with two attached hydrogens (primary N) is 1. The van der Waals surface area contributed by atoms with Crippen LogP contribution in [0.5, 0.6) is 0 Å². The molecule has 6 nitrogen and oxygen atoms in total. The Balaban J connectivity index is 2.05. The van der Waals surface area contributed by atoms with E-state index in [1.54, 1.807) is 12.1 Å². The molecular formula is C22H37N3O3S2. The Morgan fingerprint density at radius 3 is 1.90 bits per heavy atom. The SMILES string of the molecule is CCCCCCCCCCCCCC(=O)NC(=S)NCc1ccc(S(N)(=O)=O)cc1. The van der Waals surface area contributed by atoms with Crippen LogP contribution in [0.4, 0.5) is 0 Å². The fourth-order valence-corrected chi connectivity index (χ4v) is 3.86. The average Bonchev–Trinajstić information content (AvgIpc) is 2.70. The third-order valence-electron chi connectivity index (χ3n) is 4.97. The van der Waals surface area contributed by atoms with Crippen molar-refractivity contribution in [2.45, 2.75) is 95.4 Å². The number of sulfonamides is 1. The Morgan fingerprint density at radius 1 is 0.900 bits per heavy atom. The lowest BCUT2D eigenvalue weighted by Gasteiger charge is -2.10. The summed E-state index contributed by atoms with van der Waals surface area (Å²) in [5.41, 5.74) is 0.837. The summed E-state index contributed by atoms with van der Waals surface area (Å²) in [4.78, 5) is 12.0. The van der Waals surface area contributed by atoms with Crippen molar-refractivity contribution < 1.29 is 13.2 Å². The van der Waals surface area contributed by atoms with Gasteiger partial charge in [0.25, 0.3) is 0 Å². The Bertz CT molecular complexity index is 734. The number of nitrogens with one attached hydrogen (secondary N) is 2. The summed E-state index contributed by atoms with van der Waals surface area (Å²) in [6.07, 6.45) is 14.2. The number of carbonyl (C=O) groups is 1. The first-order chi connectivity index (χ1) is 14.3. The summed E-state index contributed by atoms with van der Waals surface area (Å²) >= 11 is 5.14. The number of unbranched alkanes of at least 4 members (excludes halogenated alkanes) is 10. The molecule has 0 aliphatic heterocycles. The van der Waals surface area contributed by atoms with Crippen molar-refractivity contribution in [3.63, 3.8) is 0 Å². The lowest BCUT2D eigenvalue weighted by molar-refractivity contribution is -0.119. The molecule has 0 fully saturated rings. The van der Waals surface area contributed by atoms with E-state index in [0.717, 1.165) is 18.4 Å². The molecule has 8 heteroatoms. The average molecular weight is 456 g/mol. The zero-order valence-corrected chi connectivity index (χ0v) is 19.8. The summed E-state index contributed by atoms with van der Waals surface area (Å²) in [5.74, 6) is -0.0759. The highest BCUT2D eigenvalue weighted by Gasteiger charge is 2.07. The third kappa shape index (κ3) is 12.9. The number of primary sulfonamides is 1. The maximum absolute atomic E-state index is 12.0. The van der Waals surface area contributed by atoms with Crippen LogP contribution in [0.25, 0.3) is 0 Å². The van der Waals surface area contributed by atoms with Crippen LogP contribution in [0.2, 0.25) is 0 Å². The zero-order chi connectivity index (χ0) is 22.2. The Labute approximate surface area is 187 Å². The molecule has 0 aliphatic rings. The van der Waals surface area contributed by atoms with Crippen LogP contribution in [0.15, 0.2) is 29.2 Å². The molecule has 4 N–H and O–H groups in total. The molecular weight excluding hydrogens is 418 g/mol. The highest BCUT2D eigenvalue weighted by atomic mass is 32.2. The molecule has 0 aliphatic carbocycles. The fourth-order valence-electron chi connectivity index (χ4n) is 3.16. The van der Waals surface area contributed by atoms with Gasteiger partial charge in [-0.1, -0.05) is 83.3 Å². The van der Waals surface area contributed by atoms with Gasteiger partial charge in [-0.15, -0.1) is 0 Å². The van der Waals surface area contributed by atoms with Gasteiger partial charge in [-0.05, 0) is 36.3 Å². The molecule has 30 heavy (non-hydrogen) atoms. The van der Waals surface area contributed by atoms with E-state index in [9.17, 15) is 13.2 Å². The second-order valence-electron chi connectivity index (χ2n) is 7.71. The summed E-state index contributed by atoms with van der Waals surface area (Å²) in [6.45, 7) is 2.63. The van der Waals surface area contributed by atoms with Gasteiger partial charge in [0.1, 0.15) is 0 Å². The van der Waals surface area contributed by atoms with Crippen LogP contribution in [-0.2, 0) is 21.4 Å². The van der Waals surface area contributed by atoms with Crippen molar-refractivity contribution in [3.8, 4) is 0 Å². The van der Waals surface area contributed by atoms with Crippen LogP contribution >= 0.6 is 12.2 Å². The van der Waals surface area contributed by atoms with Gasteiger partial charge in [0.15, 0.2) is 5.11 Å². The maximum Gasteiger partial charge on any atom is 0.238 e. The smallest absolute Gasteiger partial charge is 0.238 e. The third-order valence-corrected chi connectivity index (χ3v) is 6.14. The lowest BCUT2D eigenvalue weighted by atomic mass is 10.1. The number of amides is 1. The quantitative estimate of drug-likeness (QED) is 0.266. The van der Waals surface area contributed by atoms with Crippen molar-refractivity contribution in [1.29, 1.82) is 0 Å². The van der Waals surface area contributed by atoms with Crippen molar-refractivity contribution >= 4 is 33.3 Å². The Kier molecular flexibility index (Phi) is 13.5. The molecule has 0 atom stereocenters. The normalized spacial score (nSPS) is 11.3. The molecule has 1 rings (SSSR count). The van der Waals surface area contributed by atoms with Gasteiger partial charge < -0.3 is 10.6 Å². The minimum atomic E-state index is -3.69. The molecule has 170 valence electrons. The molecule has 1 aromatic rings. The molecule has 1 amide bonds. The van der Waals surface area contributed by atoms with Crippen molar-refractivity contribution in [1.82, 2.24) is 10.6 Å². The van der Waals surface area contributed by atoms with Crippen LogP contribution in [-0.4, -0.2) is 19.4 Å². The van der Waals surface area contributed by atoms with Crippen molar-refractivity contribution in [2.75, 3.05) is 0 Å².